The summed E-state index contributed by atoms with van der Waals surface area (Å²) in [7, 11) is 0. The Balaban J connectivity index is -0.000000320. The van der Waals surface area contributed by atoms with Gasteiger partial charge in [0.15, 0.2) is 0 Å². The zero-order valence-electron chi connectivity index (χ0n) is 6.28. The van der Waals surface area contributed by atoms with Crippen LogP contribution in [0.5, 0.6) is 0 Å². The Labute approximate surface area is 122 Å². The molecule has 0 spiro atoms. The number of hydrogen-bond donors (Lipinski definition) is 3. The molecule has 5 nitrogen and oxygen atoms in total. The van der Waals surface area contributed by atoms with Crippen LogP contribution in [0.2, 0.25) is 0 Å². The van der Waals surface area contributed by atoms with Crippen molar-refractivity contribution in [3.8, 4) is 0 Å². The summed E-state index contributed by atoms with van der Waals surface area (Å²) in [6.07, 6.45) is -0.532. The van der Waals surface area contributed by atoms with E-state index in [2.05, 4.69) is 0 Å². The molecular weight excluding hydrogens is 189 g/mol. The van der Waals surface area contributed by atoms with Gasteiger partial charge in [0.2, 0.25) is 0 Å². The quantitative estimate of drug-likeness (QED) is 0.458. The van der Waals surface area contributed by atoms with Crippen molar-refractivity contribution in [2.45, 2.75) is 12.5 Å². The number of hydrogen-bond acceptors (Lipinski definition) is 3. The van der Waals surface area contributed by atoms with Crippen LogP contribution in [-0.4, -0.2) is 103 Å². The molecule has 0 aliphatic heterocycles. The smallest absolute Gasteiger partial charge is 0.321 e. The maximum absolute atomic E-state index is 9.85. The minimum Gasteiger partial charge on any atom is -0.481 e. The standard InChI is InChI=1S/C4H7NO4.K.Mg/c5-2(4(8)9)1-3(6)7;;/h2H,1,5H2,(H,6,7)(H,8,9);;/t2-;;/m0../s1. The third-order valence-corrected chi connectivity index (χ3v) is 0.712. The summed E-state index contributed by atoms with van der Waals surface area (Å²) in [4.78, 5) is 19.6. The average molecular weight is 197 g/mol. The van der Waals surface area contributed by atoms with Gasteiger partial charge in [0.1, 0.15) is 6.04 Å². The van der Waals surface area contributed by atoms with E-state index in [9.17, 15) is 9.59 Å². The van der Waals surface area contributed by atoms with Gasteiger partial charge in [-0.25, -0.2) is 0 Å². The summed E-state index contributed by atoms with van der Waals surface area (Å²) in [5.74, 6) is -2.50. The SMILES string of the molecule is N[C@@H](CC(=O)O)C(=O)O.[K].[Mg]. The fourth-order valence-corrected chi connectivity index (χ4v) is 0.275. The van der Waals surface area contributed by atoms with Crippen molar-refractivity contribution < 1.29 is 19.8 Å². The molecule has 0 heterocycles. The molecule has 0 saturated heterocycles. The van der Waals surface area contributed by atoms with Crippen molar-refractivity contribution in [3.05, 3.63) is 0 Å². The van der Waals surface area contributed by atoms with E-state index in [0.717, 1.165) is 0 Å². The molecule has 0 saturated carbocycles. The molecule has 0 aromatic rings. The van der Waals surface area contributed by atoms with Gasteiger partial charge in [0.25, 0.3) is 0 Å². The Kier molecular flexibility index (Phi) is 15.5. The Hall–Kier alpha value is 1.30. The molecule has 0 amide bonds. The fourth-order valence-electron chi connectivity index (χ4n) is 0.275. The number of carboxylic acids is 2. The van der Waals surface area contributed by atoms with Crippen LogP contribution in [0.15, 0.2) is 0 Å². The fraction of sp³-hybridized carbons (Fsp3) is 0.500. The third kappa shape index (κ3) is 11.3. The predicted octanol–water partition coefficient (Wildman–Crippen LogP) is -1.89. The normalized spacial score (nSPS) is 10.3. The van der Waals surface area contributed by atoms with Crippen LogP contribution in [0.4, 0.5) is 0 Å². The zero-order chi connectivity index (χ0) is 7.44. The molecule has 0 aliphatic rings. The second-order valence-corrected chi connectivity index (χ2v) is 1.54. The van der Waals surface area contributed by atoms with Crippen molar-refractivity contribution in [1.82, 2.24) is 0 Å². The molecule has 7 heteroatoms. The van der Waals surface area contributed by atoms with Gasteiger partial charge in [-0.1, -0.05) is 0 Å². The number of aliphatic carboxylic acids is 2. The summed E-state index contributed by atoms with van der Waals surface area (Å²) in [5.41, 5.74) is 4.84. The van der Waals surface area contributed by atoms with Gasteiger partial charge in [0, 0.05) is 74.4 Å². The number of nitrogens with two attached hydrogens (primary N) is 1. The first kappa shape index (κ1) is 18.2. The Morgan fingerprint density at radius 3 is 1.82 bits per heavy atom. The molecule has 1 atom stereocenters. The summed E-state index contributed by atoms with van der Waals surface area (Å²) >= 11 is 0. The predicted molar refractivity (Wildman–Crippen MR) is 39.4 cm³/mol. The number of rotatable bonds is 3. The van der Waals surface area contributed by atoms with Crippen LogP contribution >= 0.6 is 0 Å². The molecule has 0 aromatic heterocycles. The molecule has 11 heavy (non-hydrogen) atoms. The Bertz CT molecular complexity index is 142. The van der Waals surface area contributed by atoms with E-state index in [1.54, 1.807) is 0 Å². The largest absolute Gasteiger partial charge is 0.481 e. The van der Waals surface area contributed by atoms with Gasteiger partial charge in [-0.05, 0) is 0 Å². The molecule has 0 unspecified atom stereocenters. The molecule has 3 radical (unpaired) electrons. The first-order chi connectivity index (χ1) is 4.04. The summed E-state index contributed by atoms with van der Waals surface area (Å²) in [6.45, 7) is 0. The van der Waals surface area contributed by atoms with Crippen molar-refractivity contribution in [1.29, 1.82) is 0 Å². The average Bonchev–Trinajstić information content (AvgIpc) is 1.63. The van der Waals surface area contributed by atoms with Crippen LogP contribution in [0.3, 0.4) is 0 Å². The first-order valence-electron chi connectivity index (χ1n) is 2.24. The number of carbonyl (C=O) groups is 2. The second-order valence-electron chi connectivity index (χ2n) is 1.54. The molecule has 55 valence electrons. The monoisotopic (exact) mass is 196 g/mol. The van der Waals surface area contributed by atoms with E-state index < -0.39 is 24.4 Å². The van der Waals surface area contributed by atoms with Crippen molar-refractivity contribution >= 4 is 86.4 Å². The van der Waals surface area contributed by atoms with E-state index in [1.807, 2.05) is 0 Å². The summed E-state index contributed by atoms with van der Waals surface area (Å²) in [6, 6.07) is -1.29. The van der Waals surface area contributed by atoms with E-state index in [0.29, 0.717) is 0 Å². The van der Waals surface area contributed by atoms with E-state index in [1.165, 1.54) is 0 Å². The maximum atomic E-state index is 9.85. The van der Waals surface area contributed by atoms with Gasteiger partial charge in [0.05, 0.1) is 6.42 Å². The molecule has 0 fully saturated rings. The Morgan fingerprint density at radius 2 is 1.73 bits per heavy atom. The first-order valence-corrected chi connectivity index (χ1v) is 2.24. The van der Waals surface area contributed by atoms with E-state index >= 15 is 0 Å². The third-order valence-electron chi connectivity index (χ3n) is 0.712. The molecular formula is C4H7KMgNO4. The summed E-state index contributed by atoms with van der Waals surface area (Å²) in [5, 5.41) is 16.0. The van der Waals surface area contributed by atoms with Crippen molar-refractivity contribution in [3.63, 3.8) is 0 Å². The van der Waals surface area contributed by atoms with Crippen molar-refractivity contribution in [2.24, 2.45) is 5.73 Å². The molecule has 0 aromatic carbocycles. The number of carboxylic acid groups (broad SMARTS) is 2. The van der Waals surface area contributed by atoms with Gasteiger partial charge in [-0.3, -0.25) is 9.59 Å². The molecule has 0 rings (SSSR count). The van der Waals surface area contributed by atoms with Gasteiger partial charge >= 0.3 is 11.9 Å². The topological polar surface area (TPSA) is 101 Å². The molecule has 4 N–H and O–H groups in total. The maximum Gasteiger partial charge on any atom is 0.321 e. The minimum atomic E-state index is -1.29. The zero-order valence-corrected chi connectivity index (χ0v) is 10.8. The molecule has 0 bridgehead atoms. The van der Waals surface area contributed by atoms with Crippen LogP contribution in [-0.2, 0) is 9.59 Å². The van der Waals surface area contributed by atoms with Crippen LogP contribution in [0, 0.1) is 0 Å². The Morgan fingerprint density at radius 1 is 1.36 bits per heavy atom. The minimum absolute atomic E-state index is 0. The second kappa shape index (κ2) is 9.39. The summed E-state index contributed by atoms with van der Waals surface area (Å²) < 4.78 is 0. The van der Waals surface area contributed by atoms with Gasteiger partial charge in [-0.15, -0.1) is 0 Å². The van der Waals surface area contributed by atoms with Crippen LogP contribution < -0.4 is 5.73 Å². The van der Waals surface area contributed by atoms with Gasteiger partial charge < -0.3 is 15.9 Å². The molecule has 0 aliphatic carbocycles. The van der Waals surface area contributed by atoms with Crippen LogP contribution in [0.25, 0.3) is 0 Å². The van der Waals surface area contributed by atoms with Crippen molar-refractivity contribution in [2.75, 3.05) is 0 Å². The van der Waals surface area contributed by atoms with E-state index in [4.69, 9.17) is 15.9 Å². The van der Waals surface area contributed by atoms with E-state index in [-0.39, 0.29) is 74.4 Å². The van der Waals surface area contributed by atoms with Crippen LogP contribution in [0.1, 0.15) is 6.42 Å². The van der Waals surface area contributed by atoms with Gasteiger partial charge in [-0.2, -0.15) is 0 Å².